The zero-order valence-electron chi connectivity index (χ0n) is 13.2. The van der Waals surface area contributed by atoms with Crippen LogP contribution < -0.4 is 0 Å². The molecule has 0 spiro atoms. The van der Waals surface area contributed by atoms with Gasteiger partial charge in [-0.25, -0.2) is 0 Å². The van der Waals surface area contributed by atoms with Crippen LogP contribution in [0.4, 0.5) is 0 Å². The van der Waals surface area contributed by atoms with Crippen molar-refractivity contribution in [1.82, 2.24) is 0 Å². The molecule has 0 radical (unpaired) electrons. The van der Waals surface area contributed by atoms with Gasteiger partial charge in [-0.15, -0.1) is 13.2 Å². The summed E-state index contributed by atoms with van der Waals surface area (Å²) in [6.07, 6.45) is 3.29. The minimum absolute atomic E-state index is 0.189. The van der Waals surface area contributed by atoms with Gasteiger partial charge >= 0.3 is 17.1 Å². The van der Waals surface area contributed by atoms with E-state index >= 15 is 0 Å². The molecule has 0 amide bonds. The molecular formula is C14H30O3Si2. The van der Waals surface area contributed by atoms with Crippen LogP contribution in [-0.4, -0.2) is 29.8 Å². The standard InChI is InChI=1S/C14H30O3Si2/c1-8-12-14(5)16-19(7,11-4)17-18(6,10-3)15-13-9-2/h10-11,14H,3-4,8-9,12-13H2,1-2,5-7H3. The monoisotopic (exact) mass is 302 g/mol. The van der Waals surface area contributed by atoms with Crippen LogP contribution in [0.3, 0.4) is 0 Å². The van der Waals surface area contributed by atoms with Crippen molar-refractivity contribution in [2.24, 2.45) is 0 Å². The summed E-state index contributed by atoms with van der Waals surface area (Å²) in [6, 6.07) is 0. The molecule has 0 aromatic rings. The van der Waals surface area contributed by atoms with Gasteiger partial charge < -0.3 is 13.0 Å². The third-order valence-corrected chi connectivity index (χ3v) is 9.24. The first-order chi connectivity index (χ1) is 8.84. The second-order valence-corrected chi connectivity index (χ2v) is 11.3. The van der Waals surface area contributed by atoms with Gasteiger partial charge in [0.1, 0.15) is 0 Å². The molecule has 0 heterocycles. The van der Waals surface area contributed by atoms with Crippen molar-refractivity contribution >= 4 is 17.1 Å². The van der Waals surface area contributed by atoms with Gasteiger partial charge in [0, 0.05) is 12.7 Å². The van der Waals surface area contributed by atoms with E-state index in [-0.39, 0.29) is 6.10 Å². The molecular weight excluding hydrogens is 272 g/mol. The van der Waals surface area contributed by atoms with E-state index in [1.807, 2.05) is 24.5 Å². The molecule has 19 heavy (non-hydrogen) atoms. The summed E-state index contributed by atoms with van der Waals surface area (Å²) in [6.45, 7) is 18.8. The summed E-state index contributed by atoms with van der Waals surface area (Å²) in [5.41, 5.74) is 3.66. The minimum Gasteiger partial charge on any atom is -0.409 e. The third-order valence-electron chi connectivity index (χ3n) is 2.87. The molecule has 0 aromatic heterocycles. The highest BCUT2D eigenvalue weighted by molar-refractivity contribution is 6.84. The van der Waals surface area contributed by atoms with Crippen LogP contribution in [0.5, 0.6) is 0 Å². The molecule has 0 aliphatic carbocycles. The zero-order valence-corrected chi connectivity index (χ0v) is 15.2. The highest BCUT2D eigenvalue weighted by Crippen LogP contribution is 2.21. The van der Waals surface area contributed by atoms with Crippen molar-refractivity contribution in [3.63, 3.8) is 0 Å². The van der Waals surface area contributed by atoms with E-state index in [4.69, 9.17) is 13.0 Å². The quantitative estimate of drug-likeness (QED) is 0.535. The lowest BCUT2D eigenvalue weighted by atomic mass is 10.2. The lowest BCUT2D eigenvalue weighted by Crippen LogP contribution is -2.51. The van der Waals surface area contributed by atoms with Crippen LogP contribution in [0, 0.1) is 0 Å². The fourth-order valence-electron chi connectivity index (χ4n) is 1.82. The average Bonchev–Trinajstić information content (AvgIpc) is 2.36. The maximum atomic E-state index is 6.24. The first kappa shape index (κ1) is 18.8. The molecule has 0 aliphatic heterocycles. The Bertz CT molecular complexity index is 286. The van der Waals surface area contributed by atoms with Gasteiger partial charge in [-0.05, 0) is 32.9 Å². The Morgan fingerprint density at radius 2 is 1.63 bits per heavy atom. The Labute approximate surface area is 121 Å². The second-order valence-electron chi connectivity index (χ2n) is 5.11. The average molecular weight is 303 g/mol. The lowest BCUT2D eigenvalue weighted by Gasteiger charge is -2.35. The predicted molar refractivity (Wildman–Crippen MR) is 86.4 cm³/mol. The van der Waals surface area contributed by atoms with Gasteiger partial charge in [0.2, 0.25) is 0 Å². The molecule has 0 N–H and O–H groups in total. The number of rotatable bonds is 11. The molecule has 0 saturated carbocycles. The van der Waals surface area contributed by atoms with E-state index < -0.39 is 17.1 Å². The van der Waals surface area contributed by atoms with E-state index in [1.54, 1.807) is 0 Å². The largest absolute Gasteiger partial charge is 0.409 e. The Kier molecular flexibility index (Phi) is 8.77. The second kappa shape index (κ2) is 8.86. The highest BCUT2D eigenvalue weighted by Gasteiger charge is 2.40. The first-order valence-electron chi connectivity index (χ1n) is 7.13. The smallest absolute Gasteiger partial charge is 0.352 e. The summed E-state index contributed by atoms with van der Waals surface area (Å²) in [4.78, 5) is 0. The van der Waals surface area contributed by atoms with E-state index in [2.05, 4.69) is 33.9 Å². The molecule has 0 rings (SSSR count). The van der Waals surface area contributed by atoms with Crippen LogP contribution in [0.2, 0.25) is 13.1 Å². The Morgan fingerprint density at radius 1 is 1.05 bits per heavy atom. The van der Waals surface area contributed by atoms with Gasteiger partial charge in [-0.3, -0.25) is 0 Å². The molecule has 5 heteroatoms. The Balaban J connectivity index is 4.72. The molecule has 3 atom stereocenters. The molecule has 3 unspecified atom stereocenters. The van der Waals surface area contributed by atoms with E-state index in [1.165, 1.54) is 0 Å². The van der Waals surface area contributed by atoms with Gasteiger partial charge in [0.25, 0.3) is 0 Å². The van der Waals surface area contributed by atoms with Crippen molar-refractivity contribution in [3.8, 4) is 0 Å². The van der Waals surface area contributed by atoms with Crippen molar-refractivity contribution in [3.05, 3.63) is 24.6 Å². The van der Waals surface area contributed by atoms with E-state index in [0.29, 0.717) is 6.61 Å². The summed E-state index contributed by atoms with van der Waals surface area (Å²) in [5.74, 6) is 0. The molecule has 0 fully saturated rings. The fourth-order valence-corrected chi connectivity index (χ4v) is 7.87. The van der Waals surface area contributed by atoms with Gasteiger partial charge in [0.15, 0.2) is 0 Å². The van der Waals surface area contributed by atoms with Crippen molar-refractivity contribution in [2.45, 2.75) is 59.2 Å². The minimum atomic E-state index is -2.40. The summed E-state index contributed by atoms with van der Waals surface area (Å²) < 4.78 is 18.2. The van der Waals surface area contributed by atoms with E-state index in [0.717, 1.165) is 19.3 Å². The van der Waals surface area contributed by atoms with Gasteiger partial charge in [0.05, 0.1) is 0 Å². The molecule has 112 valence electrons. The highest BCUT2D eigenvalue weighted by atomic mass is 28.5. The Morgan fingerprint density at radius 3 is 2.05 bits per heavy atom. The first-order valence-corrected chi connectivity index (χ1v) is 11.9. The topological polar surface area (TPSA) is 27.7 Å². The SMILES string of the molecule is C=C[Si](C)(OCCC)O[Si](C)(C=C)OC(C)CCC. The van der Waals surface area contributed by atoms with Crippen molar-refractivity contribution < 1.29 is 13.0 Å². The normalized spacial score (nSPS) is 19.2. The molecule has 0 bridgehead atoms. The summed E-state index contributed by atoms with van der Waals surface area (Å²) in [5, 5.41) is 0. The predicted octanol–water partition coefficient (Wildman–Crippen LogP) is 4.23. The van der Waals surface area contributed by atoms with Crippen LogP contribution >= 0.6 is 0 Å². The fraction of sp³-hybridized carbons (Fsp3) is 0.714. The molecule has 3 nitrogen and oxygen atoms in total. The number of hydrogen-bond acceptors (Lipinski definition) is 3. The molecule has 0 aliphatic rings. The van der Waals surface area contributed by atoms with Crippen LogP contribution in [-0.2, 0) is 13.0 Å². The van der Waals surface area contributed by atoms with Gasteiger partial charge in [-0.2, -0.15) is 0 Å². The molecule has 0 aromatic carbocycles. The number of hydrogen-bond donors (Lipinski definition) is 0. The molecule has 0 saturated heterocycles. The lowest BCUT2D eigenvalue weighted by molar-refractivity contribution is 0.149. The summed E-state index contributed by atoms with van der Waals surface area (Å²) >= 11 is 0. The van der Waals surface area contributed by atoms with Crippen LogP contribution in [0.25, 0.3) is 0 Å². The van der Waals surface area contributed by atoms with Crippen molar-refractivity contribution in [2.75, 3.05) is 6.61 Å². The Hall–Kier alpha value is -0.206. The maximum absolute atomic E-state index is 6.24. The zero-order chi connectivity index (χ0) is 14.9. The summed E-state index contributed by atoms with van der Waals surface area (Å²) in [7, 11) is -4.76. The third kappa shape index (κ3) is 7.22. The van der Waals surface area contributed by atoms with Gasteiger partial charge in [-0.1, -0.05) is 31.7 Å². The van der Waals surface area contributed by atoms with E-state index in [9.17, 15) is 0 Å². The van der Waals surface area contributed by atoms with Crippen LogP contribution in [0.1, 0.15) is 40.0 Å². The maximum Gasteiger partial charge on any atom is 0.352 e. The van der Waals surface area contributed by atoms with Crippen LogP contribution in [0.15, 0.2) is 24.6 Å². The van der Waals surface area contributed by atoms with Crippen molar-refractivity contribution in [1.29, 1.82) is 0 Å².